The summed E-state index contributed by atoms with van der Waals surface area (Å²) >= 11 is 0. The number of pyridine rings is 1. The summed E-state index contributed by atoms with van der Waals surface area (Å²) < 4.78 is 0. The van der Waals surface area contributed by atoms with Crippen molar-refractivity contribution < 1.29 is 5.11 Å². The lowest BCUT2D eigenvalue weighted by Gasteiger charge is -2.41. The summed E-state index contributed by atoms with van der Waals surface area (Å²) in [5.74, 6) is 0.893. The number of nitrogens with zero attached hydrogens (tertiary/aromatic N) is 1. The third kappa shape index (κ3) is 2.88. The Hall–Kier alpha value is -1.29. The molecule has 1 fully saturated rings. The van der Waals surface area contributed by atoms with E-state index in [0.29, 0.717) is 0 Å². The SMILES string of the molecule is CCCNc1cc(NC2(CO)CCC2)ccn1. The van der Waals surface area contributed by atoms with Crippen LogP contribution in [0.25, 0.3) is 0 Å². The molecule has 3 N–H and O–H groups in total. The van der Waals surface area contributed by atoms with E-state index < -0.39 is 0 Å². The van der Waals surface area contributed by atoms with Crippen LogP contribution >= 0.6 is 0 Å². The predicted molar refractivity (Wildman–Crippen MR) is 70.3 cm³/mol. The van der Waals surface area contributed by atoms with Gasteiger partial charge in [0.15, 0.2) is 0 Å². The summed E-state index contributed by atoms with van der Waals surface area (Å²) in [5, 5.41) is 16.1. The minimum absolute atomic E-state index is 0.0939. The highest BCUT2D eigenvalue weighted by atomic mass is 16.3. The van der Waals surface area contributed by atoms with E-state index in [2.05, 4.69) is 22.5 Å². The second-order valence-corrected chi connectivity index (χ2v) is 4.77. The van der Waals surface area contributed by atoms with Gasteiger partial charge in [0.05, 0.1) is 12.1 Å². The maximum atomic E-state index is 9.41. The largest absolute Gasteiger partial charge is 0.394 e. The first-order chi connectivity index (χ1) is 8.28. The maximum absolute atomic E-state index is 9.41. The van der Waals surface area contributed by atoms with E-state index in [-0.39, 0.29) is 12.1 Å². The second-order valence-electron chi connectivity index (χ2n) is 4.77. The molecule has 2 rings (SSSR count). The minimum atomic E-state index is -0.0939. The Morgan fingerprint density at radius 2 is 2.29 bits per heavy atom. The van der Waals surface area contributed by atoms with E-state index in [4.69, 9.17) is 0 Å². The zero-order valence-electron chi connectivity index (χ0n) is 10.4. The van der Waals surface area contributed by atoms with Gasteiger partial charge in [0.25, 0.3) is 0 Å². The van der Waals surface area contributed by atoms with Gasteiger partial charge in [-0.25, -0.2) is 4.98 Å². The molecule has 0 unspecified atom stereocenters. The van der Waals surface area contributed by atoms with Crippen LogP contribution in [0.1, 0.15) is 32.6 Å². The molecule has 17 heavy (non-hydrogen) atoms. The van der Waals surface area contributed by atoms with Crippen molar-refractivity contribution in [3.8, 4) is 0 Å². The number of hydrogen-bond acceptors (Lipinski definition) is 4. The Bertz CT molecular complexity index is 358. The molecule has 0 spiro atoms. The average molecular weight is 235 g/mol. The first-order valence-corrected chi connectivity index (χ1v) is 6.37. The molecule has 0 atom stereocenters. The molecule has 0 bridgehead atoms. The molecule has 0 amide bonds. The van der Waals surface area contributed by atoms with Crippen LogP contribution in [0.4, 0.5) is 11.5 Å². The molecule has 4 heteroatoms. The van der Waals surface area contributed by atoms with E-state index >= 15 is 0 Å². The molecule has 1 aliphatic carbocycles. The van der Waals surface area contributed by atoms with Crippen LogP contribution in [0.5, 0.6) is 0 Å². The normalized spacial score (nSPS) is 17.3. The minimum Gasteiger partial charge on any atom is -0.394 e. The zero-order chi connectivity index (χ0) is 12.1. The Kier molecular flexibility index (Phi) is 3.84. The van der Waals surface area contributed by atoms with Crippen molar-refractivity contribution in [3.63, 3.8) is 0 Å². The van der Waals surface area contributed by atoms with Crippen molar-refractivity contribution in [1.82, 2.24) is 4.98 Å². The standard InChI is InChI=1S/C13H21N3O/c1-2-7-14-12-9-11(4-8-15-12)16-13(10-17)5-3-6-13/h4,8-9,17H,2-3,5-7,10H2,1H3,(H2,14,15,16). The van der Waals surface area contributed by atoms with E-state index in [1.165, 1.54) is 6.42 Å². The van der Waals surface area contributed by atoms with Gasteiger partial charge < -0.3 is 15.7 Å². The Morgan fingerprint density at radius 3 is 2.88 bits per heavy atom. The third-order valence-electron chi connectivity index (χ3n) is 3.34. The molecule has 1 aliphatic rings. The fourth-order valence-electron chi connectivity index (χ4n) is 2.09. The summed E-state index contributed by atoms with van der Waals surface area (Å²) in [4.78, 5) is 4.26. The smallest absolute Gasteiger partial charge is 0.127 e. The van der Waals surface area contributed by atoms with Crippen LogP contribution < -0.4 is 10.6 Å². The van der Waals surface area contributed by atoms with Crippen LogP contribution in [0.3, 0.4) is 0 Å². The van der Waals surface area contributed by atoms with Crippen LogP contribution in [0.2, 0.25) is 0 Å². The Balaban J connectivity index is 2.00. The number of anilines is 2. The molecule has 1 saturated carbocycles. The second kappa shape index (κ2) is 5.36. The van der Waals surface area contributed by atoms with E-state index in [1.807, 2.05) is 12.1 Å². The van der Waals surface area contributed by atoms with Crippen LogP contribution in [-0.4, -0.2) is 28.8 Å². The van der Waals surface area contributed by atoms with Crippen LogP contribution in [-0.2, 0) is 0 Å². The molecule has 0 radical (unpaired) electrons. The summed E-state index contributed by atoms with van der Waals surface area (Å²) in [6.45, 7) is 3.26. The Morgan fingerprint density at radius 1 is 1.47 bits per heavy atom. The van der Waals surface area contributed by atoms with Gasteiger partial charge in [-0.15, -0.1) is 0 Å². The number of aromatic nitrogens is 1. The zero-order valence-corrected chi connectivity index (χ0v) is 10.4. The monoisotopic (exact) mass is 235 g/mol. The fraction of sp³-hybridized carbons (Fsp3) is 0.615. The molecule has 1 heterocycles. The average Bonchev–Trinajstić information content (AvgIpc) is 2.32. The van der Waals surface area contributed by atoms with Crippen molar-refractivity contribution in [1.29, 1.82) is 0 Å². The highest BCUT2D eigenvalue weighted by Crippen LogP contribution is 2.35. The molecule has 4 nitrogen and oxygen atoms in total. The molecule has 1 aromatic heterocycles. The highest BCUT2D eigenvalue weighted by Gasteiger charge is 2.36. The number of rotatable bonds is 6. The summed E-state index contributed by atoms with van der Waals surface area (Å²) in [7, 11) is 0. The number of nitrogens with one attached hydrogen (secondary N) is 2. The molecular formula is C13H21N3O. The summed E-state index contributed by atoms with van der Waals surface area (Å²) in [6.07, 6.45) is 6.16. The van der Waals surface area contributed by atoms with Crippen molar-refractivity contribution in [2.24, 2.45) is 0 Å². The number of aliphatic hydroxyl groups excluding tert-OH is 1. The van der Waals surface area contributed by atoms with Crippen molar-refractivity contribution in [2.75, 3.05) is 23.8 Å². The molecule has 94 valence electrons. The van der Waals surface area contributed by atoms with Crippen LogP contribution in [0, 0.1) is 0 Å². The molecular weight excluding hydrogens is 214 g/mol. The van der Waals surface area contributed by atoms with Crippen molar-refractivity contribution in [2.45, 2.75) is 38.1 Å². The lowest BCUT2D eigenvalue weighted by atomic mass is 9.77. The van der Waals surface area contributed by atoms with Crippen molar-refractivity contribution >= 4 is 11.5 Å². The number of hydrogen-bond donors (Lipinski definition) is 3. The lowest BCUT2D eigenvalue weighted by Crippen LogP contribution is -2.48. The van der Waals surface area contributed by atoms with E-state index in [0.717, 1.165) is 37.3 Å². The number of aliphatic hydroxyl groups is 1. The van der Waals surface area contributed by atoms with E-state index in [9.17, 15) is 5.11 Å². The predicted octanol–water partition coefficient (Wildman–Crippen LogP) is 2.23. The van der Waals surface area contributed by atoms with Gasteiger partial charge in [-0.1, -0.05) is 6.92 Å². The van der Waals surface area contributed by atoms with Gasteiger partial charge in [-0.3, -0.25) is 0 Å². The first kappa shape index (κ1) is 12.2. The quantitative estimate of drug-likeness (QED) is 0.707. The van der Waals surface area contributed by atoms with Gasteiger partial charge in [0.1, 0.15) is 5.82 Å². The topological polar surface area (TPSA) is 57.2 Å². The van der Waals surface area contributed by atoms with Crippen LogP contribution in [0.15, 0.2) is 18.3 Å². The Labute approximate surface area is 102 Å². The molecule has 0 aromatic carbocycles. The third-order valence-corrected chi connectivity index (χ3v) is 3.34. The first-order valence-electron chi connectivity index (χ1n) is 6.37. The van der Waals surface area contributed by atoms with Gasteiger partial charge in [-0.2, -0.15) is 0 Å². The maximum Gasteiger partial charge on any atom is 0.127 e. The fourth-order valence-corrected chi connectivity index (χ4v) is 2.09. The molecule has 1 aromatic rings. The molecule has 0 saturated heterocycles. The lowest BCUT2D eigenvalue weighted by molar-refractivity contribution is 0.144. The van der Waals surface area contributed by atoms with Crippen molar-refractivity contribution in [3.05, 3.63) is 18.3 Å². The van der Waals surface area contributed by atoms with Gasteiger partial charge >= 0.3 is 0 Å². The van der Waals surface area contributed by atoms with Gasteiger partial charge in [-0.05, 0) is 31.7 Å². The summed E-state index contributed by atoms with van der Waals surface area (Å²) in [6, 6.07) is 3.96. The van der Waals surface area contributed by atoms with Gasteiger partial charge in [0, 0.05) is 24.5 Å². The highest BCUT2D eigenvalue weighted by molar-refractivity contribution is 5.53. The van der Waals surface area contributed by atoms with Gasteiger partial charge in [0.2, 0.25) is 0 Å². The summed E-state index contributed by atoms with van der Waals surface area (Å²) in [5.41, 5.74) is 0.941. The van der Waals surface area contributed by atoms with E-state index in [1.54, 1.807) is 6.20 Å². The molecule has 0 aliphatic heterocycles.